The highest BCUT2D eigenvalue weighted by Crippen LogP contribution is 2.31. The molecular weight excluding hydrogens is 318 g/mol. The summed E-state index contributed by atoms with van der Waals surface area (Å²) in [5.41, 5.74) is 9.51. The van der Waals surface area contributed by atoms with Crippen molar-refractivity contribution in [2.45, 2.75) is 13.8 Å². The number of aliphatic imine (C=N–C) groups is 1. The lowest BCUT2D eigenvalue weighted by atomic mass is 10.2. The number of carbonyl (C=O) groups is 1. The maximum atomic E-state index is 11.7. The van der Waals surface area contributed by atoms with Crippen LogP contribution in [0.5, 0.6) is 0 Å². The highest BCUT2D eigenvalue weighted by molar-refractivity contribution is 8.18. The first-order chi connectivity index (χ1) is 10.5. The van der Waals surface area contributed by atoms with Gasteiger partial charge in [-0.3, -0.25) is 4.79 Å². The zero-order chi connectivity index (χ0) is 15.9. The molecule has 1 aliphatic rings. The lowest BCUT2D eigenvalue weighted by Gasteiger charge is -2.11. The van der Waals surface area contributed by atoms with Crippen molar-refractivity contribution < 1.29 is 4.79 Å². The molecule has 0 radical (unpaired) electrons. The van der Waals surface area contributed by atoms with Gasteiger partial charge in [0.1, 0.15) is 0 Å². The first-order valence-electron chi connectivity index (χ1n) is 6.69. The molecule has 0 fully saturated rings. The van der Waals surface area contributed by atoms with E-state index in [0.717, 1.165) is 22.6 Å². The molecule has 1 aromatic heterocycles. The van der Waals surface area contributed by atoms with Crippen molar-refractivity contribution in [3.8, 4) is 5.69 Å². The Hall–Kier alpha value is -1.98. The largest absolute Gasteiger partial charge is 0.378 e. The highest BCUT2D eigenvalue weighted by Gasteiger charge is 2.21. The molecule has 3 rings (SSSR count). The van der Waals surface area contributed by atoms with E-state index in [-0.39, 0.29) is 11.1 Å². The molecule has 0 saturated carbocycles. The highest BCUT2D eigenvalue weighted by atomic mass is 35.5. The first-order valence-corrected chi connectivity index (χ1v) is 7.88. The predicted octanol–water partition coefficient (Wildman–Crippen LogP) is 3.68. The Labute approximate surface area is 137 Å². The number of nitrogens with two attached hydrogens (primary N) is 1. The minimum absolute atomic E-state index is 0.287. The second kappa shape index (κ2) is 5.66. The maximum absolute atomic E-state index is 11.7. The van der Waals surface area contributed by atoms with Crippen molar-refractivity contribution in [1.29, 1.82) is 0 Å². The standard InChI is InChI=1S/C16H14ClN3OS/c1-9-7-11(8-14-15(21)19-16(18)22-14)10(2)20(9)13-6-4-3-5-12(13)17/h3-8H,1-2H3,(H2,18,19,21). The molecule has 22 heavy (non-hydrogen) atoms. The van der Waals surface area contributed by atoms with E-state index in [0.29, 0.717) is 9.93 Å². The number of nitrogens with zero attached hydrogens (tertiary/aromatic N) is 2. The number of amidine groups is 1. The van der Waals surface area contributed by atoms with Gasteiger partial charge >= 0.3 is 0 Å². The van der Waals surface area contributed by atoms with Crippen LogP contribution < -0.4 is 5.73 Å². The van der Waals surface area contributed by atoms with Gasteiger partial charge < -0.3 is 10.3 Å². The Morgan fingerprint density at radius 1 is 1.32 bits per heavy atom. The van der Waals surface area contributed by atoms with Crippen molar-refractivity contribution in [1.82, 2.24) is 4.57 Å². The monoisotopic (exact) mass is 331 g/mol. The molecule has 2 N–H and O–H groups in total. The number of halogens is 1. The molecule has 6 heteroatoms. The smallest absolute Gasteiger partial charge is 0.286 e. The van der Waals surface area contributed by atoms with Crippen LogP contribution in [0.4, 0.5) is 0 Å². The van der Waals surface area contributed by atoms with Gasteiger partial charge in [-0.05, 0) is 55.4 Å². The van der Waals surface area contributed by atoms with E-state index in [1.807, 2.05) is 50.3 Å². The van der Waals surface area contributed by atoms with E-state index in [2.05, 4.69) is 9.56 Å². The van der Waals surface area contributed by atoms with Gasteiger partial charge in [0.25, 0.3) is 5.91 Å². The van der Waals surface area contributed by atoms with Gasteiger partial charge in [-0.2, -0.15) is 4.99 Å². The molecule has 4 nitrogen and oxygen atoms in total. The van der Waals surface area contributed by atoms with Gasteiger partial charge in [0, 0.05) is 11.4 Å². The molecule has 0 atom stereocenters. The zero-order valence-corrected chi connectivity index (χ0v) is 13.7. The Morgan fingerprint density at radius 3 is 2.68 bits per heavy atom. The van der Waals surface area contributed by atoms with Crippen LogP contribution in [0.1, 0.15) is 17.0 Å². The third kappa shape index (κ3) is 2.58. The van der Waals surface area contributed by atoms with E-state index in [9.17, 15) is 4.79 Å². The first kappa shape index (κ1) is 14.9. The minimum atomic E-state index is -0.287. The van der Waals surface area contributed by atoms with Crippen molar-refractivity contribution in [3.63, 3.8) is 0 Å². The number of aryl methyl sites for hydroxylation is 1. The quantitative estimate of drug-likeness (QED) is 0.854. The fourth-order valence-corrected chi connectivity index (χ4v) is 3.40. The Morgan fingerprint density at radius 2 is 2.05 bits per heavy atom. The SMILES string of the molecule is Cc1cc(C=C2SC(N)=NC2=O)c(C)n1-c1ccccc1Cl. The number of hydrogen-bond donors (Lipinski definition) is 1. The molecule has 0 bridgehead atoms. The van der Waals surface area contributed by atoms with Gasteiger partial charge in [-0.1, -0.05) is 23.7 Å². The van der Waals surface area contributed by atoms with Crippen molar-refractivity contribution in [2.75, 3.05) is 0 Å². The fraction of sp³-hybridized carbons (Fsp3) is 0.125. The molecule has 112 valence electrons. The second-order valence-corrected chi connectivity index (χ2v) is 6.45. The van der Waals surface area contributed by atoms with Crippen LogP contribution in [-0.2, 0) is 4.79 Å². The van der Waals surface area contributed by atoms with Crippen LogP contribution in [0.25, 0.3) is 11.8 Å². The summed E-state index contributed by atoms with van der Waals surface area (Å²) in [7, 11) is 0. The van der Waals surface area contributed by atoms with E-state index in [4.69, 9.17) is 17.3 Å². The van der Waals surface area contributed by atoms with Crippen LogP contribution in [-0.4, -0.2) is 15.6 Å². The van der Waals surface area contributed by atoms with E-state index in [1.54, 1.807) is 0 Å². The Balaban J connectivity index is 2.07. The molecule has 2 heterocycles. The maximum Gasteiger partial charge on any atom is 0.286 e. The summed E-state index contributed by atoms with van der Waals surface area (Å²) in [5, 5.41) is 0.971. The number of rotatable bonds is 2. The van der Waals surface area contributed by atoms with Crippen LogP contribution in [0.3, 0.4) is 0 Å². The van der Waals surface area contributed by atoms with Crippen molar-refractivity contribution in [2.24, 2.45) is 10.7 Å². The summed E-state index contributed by atoms with van der Waals surface area (Å²) in [6.07, 6.45) is 1.83. The summed E-state index contributed by atoms with van der Waals surface area (Å²) < 4.78 is 2.07. The molecular formula is C16H14ClN3OS. The Bertz CT molecular complexity index is 836. The number of para-hydroxylation sites is 1. The summed E-state index contributed by atoms with van der Waals surface area (Å²) in [4.78, 5) is 16.0. The topological polar surface area (TPSA) is 60.4 Å². The van der Waals surface area contributed by atoms with Crippen molar-refractivity contribution in [3.05, 3.63) is 57.2 Å². The zero-order valence-electron chi connectivity index (χ0n) is 12.1. The molecule has 0 unspecified atom stereocenters. The number of amides is 1. The van der Waals surface area contributed by atoms with Gasteiger partial charge in [-0.15, -0.1) is 0 Å². The van der Waals surface area contributed by atoms with Crippen LogP contribution in [0.15, 0.2) is 40.2 Å². The van der Waals surface area contributed by atoms with Crippen molar-refractivity contribution >= 4 is 40.5 Å². The summed E-state index contributed by atoms with van der Waals surface area (Å²) >= 11 is 7.49. The van der Waals surface area contributed by atoms with Crippen LogP contribution in [0, 0.1) is 13.8 Å². The Kier molecular flexibility index (Phi) is 3.85. The average molecular weight is 332 g/mol. The minimum Gasteiger partial charge on any atom is -0.378 e. The average Bonchev–Trinajstić information content (AvgIpc) is 2.91. The van der Waals surface area contributed by atoms with Gasteiger partial charge in [0.15, 0.2) is 5.17 Å². The molecule has 2 aromatic rings. The van der Waals surface area contributed by atoms with E-state index < -0.39 is 0 Å². The molecule has 0 aliphatic carbocycles. The normalized spacial score (nSPS) is 16.4. The third-order valence-electron chi connectivity index (χ3n) is 3.49. The molecule has 1 aromatic carbocycles. The number of aromatic nitrogens is 1. The lowest BCUT2D eigenvalue weighted by Crippen LogP contribution is -2.01. The number of benzene rings is 1. The molecule has 1 aliphatic heterocycles. The molecule has 0 saturated heterocycles. The summed E-state index contributed by atoms with van der Waals surface area (Å²) in [6.45, 7) is 4.00. The summed E-state index contributed by atoms with van der Waals surface area (Å²) in [6, 6.07) is 9.70. The molecule has 0 spiro atoms. The van der Waals surface area contributed by atoms with Crippen LogP contribution in [0.2, 0.25) is 5.02 Å². The number of carbonyl (C=O) groups excluding carboxylic acids is 1. The molecule has 1 amide bonds. The van der Waals surface area contributed by atoms with Gasteiger partial charge in [0.2, 0.25) is 0 Å². The number of thioether (sulfide) groups is 1. The predicted molar refractivity (Wildman–Crippen MR) is 92.5 cm³/mol. The second-order valence-electron chi connectivity index (χ2n) is 4.98. The fourth-order valence-electron chi connectivity index (χ4n) is 2.50. The van der Waals surface area contributed by atoms with E-state index in [1.165, 1.54) is 11.8 Å². The summed E-state index contributed by atoms with van der Waals surface area (Å²) in [5.74, 6) is -0.287. The van der Waals surface area contributed by atoms with E-state index >= 15 is 0 Å². The third-order valence-corrected chi connectivity index (χ3v) is 4.62. The number of hydrogen-bond acceptors (Lipinski definition) is 3. The van der Waals surface area contributed by atoms with Crippen LogP contribution >= 0.6 is 23.4 Å². The van der Waals surface area contributed by atoms with Gasteiger partial charge in [-0.25, -0.2) is 0 Å². The van der Waals surface area contributed by atoms with Gasteiger partial charge in [0.05, 0.1) is 15.6 Å². The lowest BCUT2D eigenvalue weighted by molar-refractivity contribution is -0.113.